The van der Waals surface area contributed by atoms with Gasteiger partial charge < -0.3 is 0 Å². The minimum Gasteiger partial charge on any atom is -0.278 e. The van der Waals surface area contributed by atoms with E-state index >= 15 is 0 Å². The molecule has 0 fully saturated rings. The third kappa shape index (κ3) is 3.51. The Bertz CT molecular complexity index is 802. The van der Waals surface area contributed by atoms with Crippen molar-refractivity contribution in [3.63, 3.8) is 0 Å². The Balaban J connectivity index is 2.48. The molecule has 6 heteroatoms. The Morgan fingerprint density at radius 2 is 1.52 bits per heavy atom. The molecule has 0 spiro atoms. The van der Waals surface area contributed by atoms with Crippen LogP contribution in [0.4, 0.5) is 5.69 Å². The zero-order valence-corrected chi connectivity index (χ0v) is 14.2. The molecule has 0 aliphatic heterocycles. The van der Waals surface area contributed by atoms with Crippen LogP contribution in [-0.2, 0) is 10.0 Å². The number of hydrogen-bond donors (Lipinski definition) is 1. The number of benzene rings is 2. The zero-order chi connectivity index (χ0) is 15.8. The lowest BCUT2D eigenvalue weighted by Crippen LogP contribution is -2.15. The quantitative estimate of drug-likeness (QED) is 0.876. The normalized spacial score (nSPS) is 11.5. The van der Waals surface area contributed by atoms with Gasteiger partial charge in [-0.2, -0.15) is 0 Å². The van der Waals surface area contributed by atoms with E-state index in [1.807, 2.05) is 19.9 Å². The van der Waals surface area contributed by atoms with Crippen LogP contribution >= 0.6 is 23.2 Å². The summed E-state index contributed by atoms with van der Waals surface area (Å²) in [6.07, 6.45) is 0. The maximum Gasteiger partial charge on any atom is 0.262 e. The van der Waals surface area contributed by atoms with E-state index in [-0.39, 0.29) is 10.6 Å². The second kappa shape index (κ2) is 5.87. The molecule has 0 aromatic heterocycles. The predicted octanol–water partition coefficient (Wildman–Crippen LogP) is 4.72. The lowest BCUT2D eigenvalue weighted by Gasteiger charge is -2.13. The Kier molecular flexibility index (Phi) is 4.51. The van der Waals surface area contributed by atoms with Crippen LogP contribution in [0.1, 0.15) is 16.7 Å². The van der Waals surface area contributed by atoms with Crippen LogP contribution in [0.5, 0.6) is 0 Å². The number of aryl methyl sites for hydroxylation is 3. The van der Waals surface area contributed by atoms with Crippen molar-refractivity contribution in [2.24, 2.45) is 0 Å². The first-order valence-electron chi connectivity index (χ1n) is 6.26. The summed E-state index contributed by atoms with van der Waals surface area (Å²) in [5.74, 6) is 0. The van der Waals surface area contributed by atoms with Crippen LogP contribution < -0.4 is 4.72 Å². The summed E-state index contributed by atoms with van der Waals surface area (Å²) in [6, 6.07) is 8.14. The van der Waals surface area contributed by atoms with E-state index in [4.69, 9.17) is 23.2 Å². The number of nitrogens with one attached hydrogen (secondary N) is 1. The highest BCUT2D eigenvalue weighted by Gasteiger charge is 2.19. The van der Waals surface area contributed by atoms with Gasteiger partial charge in [0.15, 0.2) is 0 Å². The number of rotatable bonds is 3. The summed E-state index contributed by atoms with van der Waals surface area (Å²) in [4.78, 5) is 0.238. The molecule has 112 valence electrons. The van der Waals surface area contributed by atoms with Gasteiger partial charge in [-0.05, 0) is 61.7 Å². The van der Waals surface area contributed by atoms with Crippen LogP contribution in [0, 0.1) is 20.8 Å². The largest absolute Gasteiger partial charge is 0.278 e. The molecule has 2 aromatic rings. The fourth-order valence-electron chi connectivity index (χ4n) is 2.00. The Morgan fingerprint density at radius 3 is 2.19 bits per heavy atom. The van der Waals surface area contributed by atoms with Gasteiger partial charge in [-0.25, -0.2) is 8.42 Å². The van der Waals surface area contributed by atoms with Crippen LogP contribution in [0.25, 0.3) is 0 Å². The summed E-state index contributed by atoms with van der Waals surface area (Å²) >= 11 is 11.9. The van der Waals surface area contributed by atoms with Crippen molar-refractivity contribution in [1.82, 2.24) is 0 Å². The monoisotopic (exact) mass is 343 g/mol. The minimum atomic E-state index is -3.72. The lowest BCUT2D eigenvalue weighted by molar-refractivity contribution is 0.600. The van der Waals surface area contributed by atoms with Gasteiger partial charge in [0.2, 0.25) is 0 Å². The van der Waals surface area contributed by atoms with Crippen molar-refractivity contribution in [2.45, 2.75) is 25.7 Å². The summed E-state index contributed by atoms with van der Waals surface area (Å²) in [5.41, 5.74) is 2.91. The van der Waals surface area contributed by atoms with Gasteiger partial charge in [0, 0.05) is 5.02 Å². The van der Waals surface area contributed by atoms with Crippen molar-refractivity contribution < 1.29 is 8.42 Å². The lowest BCUT2D eigenvalue weighted by atomic mass is 10.1. The number of halogens is 2. The number of hydrogen-bond acceptors (Lipinski definition) is 2. The third-order valence-electron chi connectivity index (χ3n) is 3.25. The second-order valence-electron chi connectivity index (χ2n) is 4.93. The second-order valence-corrected chi connectivity index (χ2v) is 7.43. The maximum atomic E-state index is 12.5. The smallest absolute Gasteiger partial charge is 0.262 e. The van der Waals surface area contributed by atoms with Gasteiger partial charge in [0.25, 0.3) is 10.0 Å². The van der Waals surface area contributed by atoms with Crippen LogP contribution in [0.15, 0.2) is 35.2 Å². The fourth-order valence-corrected chi connectivity index (χ4v) is 3.78. The molecule has 0 saturated carbocycles. The molecule has 2 aromatic carbocycles. The van der Waals surface area contributed by atoms with E-state index < -0.39 is 10.0 Å². The molecule has 0 aliphatic rings. The maximum absolute atomic E-state index is 12.5. The van der Waals surface area contributed by atoms with Crippen molar-refractivity contribution in [2.75, 3.05) is 4.72 Å². The zero-order valence-electron chi connectivity index (χ0n) is 11.9. The van der Waals surface area contributed by atoms with Crippen molar-refractivity contribution in [1.29, 1.82) is 0 Å². The molecular formula is C15H15Cl2NO2S. The number of anilines is 1. The molecule has 0 radical (unpaired) electrons. The van der Waals surface area contributed by atoms with Gasteiger partial charge in [-0.1, -0.05) is 29.3 Å². The average Bonchev–Trinajstić information content (AvgIpc) is 2.37. The summed E-state index contributed by atoms with van der Waals surface area (Å²) in [7, 11) is -3.72. The molecule has 0 bridgehead atoms. The average molecular weight is 344 g/mol. The summed E-state index contributed by atoms with van der Waals surface area (Å²) in [5, 5.41) is 0.707. The van der Waals surface area contributed by atoms with Crippen LogP contribution in [0.3, 0.4) is 0 Å². The summed E-state index contributed by atoms with van der Waals surface area (Å²) < 4.78 is 27.6. The predicted molar refractivity (Wildman–Crippen MR) is 87.9 cm³/mol. The van der Waals surface area contributed by atoms with E-state index in [2.05, 4.69) is 4.72 Å². The number of sulfonamides is 1. The molecule has 0 amide bonds. The van der Waals surface area contributed by atoms with E-state index in [1.165, 1.54) is 6.07 Å². The van der Waals surface area contributed by atoms with Gasteiger partial charge in [0.05, 0.1) is 15.6 Å². The Morgan fingerprint density at radius 1 is 0.905 bits per heavy atom. The van der Waals surface area contributed by atoms with E-state index in [0.29, 0.717) is 15.6 Å². The van der Waals surface area contributed by atoms with Gasteiger partial charge >= 0.3 is 0 Å². The van der Waals surface area contributed by atoms with Gasteiger partial charge in [0.1, 0.15) is 0 Å². The first-order valence-corrected chi connectivity index (χ1v) is 8.50. The molecule has 21 heavy (non-hydrogen) atoms. The SMILES string of the molecule is Cc1cc(C)c(S(=O)(=O)Nc2cc(Cl)ccc2Cl)cc1C. The molecule has 0 aliphatic carbocycles. The fraction of sp³-hybridized carbons (Fsp3) is 0.200. The summed E-state index contributed by atoms with van der Waals surface area (Å²) in [6.45, 7) is 5.58. The van der Waals surface area contributed by atoms with Crippen LogP contribution in [0.2, 0.25) is 10.0 Å². The van der Waals surface area contributed by atoms with Crippen molar-refractivity contribution in [3.8, 4) is 0 Å². The molecule has 3 nitrogen and oxygen atoms in total. The highest BCUT2D eigenvalue weighted by Crippen LogP contribution is 2.29. The highest BCUT2D eigenvalue weighted by atomic mass is 35.5. The van der Waals surface area contributed by atoms with Gasteiger partial charge in [-0.3, -0.25) is 4.72 Å². The Hall–Kier alpha value is -1.23. The molecule has 0 heterocycles. The van der Waals surface area contributed by atoms with Gasteiger partial charge in [-0.15, -0.1) is 0 Å². The van der Waals surface area contributed by atoms with E-state index in [1.54, 1.807) is 25.1 Å². The topological polar surface area (TPSA) is 46.2 Å². The molecule has 0 unspecified atom stereocenters. The third-order valence-corrected chi connectivity index (χ3v) is 5.33. The molecule has 0 saturated heterocycles. The van der Waals surface area contributed by atoms with Crippen molar-refractivity contribution >= 4 is 38.9 Å². The molecule has 1 N–H and O–H groups in total. The van der Waals surface area contributed by atoms with E-state index in [9.17, 15) is 8.42 Å². The molecule has 0 atom stereocenters. The van der Waals surface area contributed by atoms with E-state index in [0.717, 1.165) is 11.1 Å². The van der Waals surface area contributed by atoms with Crippen LogP contribution in [-0.4, -0.2) is 8.42 Å². The minimum absolute atomic E-state index is 0.238. The first-order chi connectivity index (χ1) is 9.70. The first kappa shape index (κ1) is 16.1. The highest BCUT2D eigenvalue weighted by molar-refractivity contribution is 7.92. The van der Waals surface area contributed by atoms with Crippen molar-refractivity contribution in [3.05, 3.63) is 57.1 Å². The Labute approximate surface area is 135 Å². The molecule has 2 rings (SSSR count). The molecular weight excluding hydrogens is 329 g/mol. The standard InChI is InChI=1S/C15H15Cl2NO2S/c1-9-6-11(3)15(7-10(9)2)21(19,20)18-14-8-12(16)4-5-13(14)17/h4-8,18H,1-3H3.